The molecule has 0 spiro atoms. The zero-order valence-electron chi connectivity index (χ0n) is 9.57. The molecule has 0 radical (unpaired) electrons. The van der Waals surface area contributed by atoms with Gasteiger partial charge in [-0.05, 0) is 35.5 Å². The third kappa shape index (κ3) is 1.53. The second-order valence-corrected chi connectivity index (χ2v) is 6.00. The molecule has 2 atom stereocenters. The van der Waals surface area contributed by atoms with Gasteiger partial charge in [0.1, 0.15) is 0 Å². The molecule has 0 aliphatic heterocycles. The van der Waals surface area contributed by atoms with E-state index in [1.54, 1.807) is 0 Å². The van der Waals surface area contributed by atoms with Crippen LogP contribution in [0.3, 0.4) is 0 Å². The predicted octanol–water partition coefficient (Wildman–Crippen LogP) is 4.10. The molecule has 1 rings (SSSR count). The van der Waals surface area contributed by atoms with Crippen molar-refractivity contribution in [1.82, 2.24) is 0 Å². The van der Waals surface area contributed by atoms with Gasteiger partial charge in [0.05, 0.1) is 0 Å². The smallest absolute Gasteiger partial charge is 0.0246 e. The van der Waals surface area contributed by atoms with Crippen LogP contribution in [0.4, 0.5) is 0 Å². The Balaban J connectivity index is 2.60. The van der Waals surface area contributed by atoms with E-state index in [2.05, 4.69) is 41.5 Å². The van der Waals surface area contributed by atoms with Crippen molar-refractivity contribution in [2.75, 3.05) is 0 Å². The van der Waals surface area contributed by atoms with E-state index in [1.807, 2.05) is 0 Å². The number of hydrogen-bond acceptors (Lipinski definition) is 0. The lowest BCUT2D eigenvalue weighted by Gasteiger charge is -2.34. The largest absolute Gasteiger partial charge is 0.0628 e. The minimum atomic E-state index is 0.542. The lowest BCUT2D eigenvalue weighted by molar-refractivity contribution is 0.150. The molecule has 0 heteroatoms. The van der Waals surface area contributed by atoms with Crippen molar-refractivity contribution in [3.8, 4) is 0 Å². The average molecular weight is 168 g/mol. The van der Waals surface area contributed by atoms with Crippen LogP contribution < -0.4 is 0 Å². The fourth-order valence-electron chi connectivity index (χ4n) is 2.77. The lowest BCUT2D eigenvalue weighted by atomic mass is 9.70. The quantitative estimate of drug-likeness (QED) is 0.595. The van der Waals surface area contributed by atoms with Crippen LogP contribution >= 0.6 is 0 Å². The first kappa shape index (κ1) is 10.1. The Labute approximate surface area is 77.7 Å². The summed E-state index contributed by atoms with van der Waals surface area (Å²) in [4.78, 5) is 0. The van der Waals surface area contributed by atoms with Crippen molar-refractivity contribution in [3.63, 3.8) is 0 Å². The van der Waals surface area contributed by atoms with Crippen molar-refractivity contribution in [3.05, 3.63) is 0 Å². The Morgan fingerprint density at radius 2 is 1.83 bits per heavy atom. The third-order valence-electron chi connectivity index (χ3n) is 4.12. The number of rotatable bonds is 3. The SMILES string of the molecule is CC(C)CC(C)(C)C1(C)CC1C. The summed E-state index contributed by atoms with van der Waals surface area (Å²) in [6.07, 6.45) is 2.81. The maximum atomic E-state index is 2.46. The summed E-state index contributed by atoms with van der Waals surface area (Å²) in [5.74, 6) is 1.79. The normalized spacial score (nSPS) is 35.8. The highest BCUT2D eigenvalue weighted by Gasteiger charge is 2.56. The van der Waals surface area contributed by atoms with E-state index in [1.165, 1.54) is 12.8 Å². The van der Waals surface area contributed by atoms with E-state index in [9.17, 15) is 0 Å². The summed E-state index contributed by atoms with van der Waals surface area (Å²) in [6, 6.07) is 0. The molecule has 0 saturated heterocycles. The second kappa shape index (κ2) is 2.75. The first-order valence-corrected chi connectivity index (χ1v) is 5.29. The summed E-state index contributed by atoms with van der Waals surface area (Å²) >= 11 is 0. The number of hydrogen-bond donors (Lipinski definition) is 0. The molecule has 12 heavy (non-hydrogen) atoms. The first-order valence-electron chi connectivity index (χ1n) is 5.29. The molecule has 1 aliphatic carbocycles. The van der Waals surface area contributed by atoms with Crippen LogP contribution in [0.25, 0.3) is 0 Å². The summed E-state index contributed by atoms with van der Waals surface area (Å²) in [6.45, 7) is 14.4. The standard InChI is InChI=1S/C12H24/c1-9(2)7-11(4,5)12(6)8-10(12)3/h9-10H,7-8H2,1-6H3. The van der Waals surface area contributed by atoms with E-state index in [0.29, 0.717) is 10.8 Å². The summed E-state index contributed by atoms with van der Waals surface area (Å²) in [5.41, 5.74) is 1.18. The minimum absolute atomic E-state index is 0.542. The fraction of sp³-hybridized carbons (Fsp3) is 1.00. The zero-order chi connectivity index (χ0) is 9.57. The Morgan fingerprint density at radius 3 is 2.08 bits per heavy atom. The molecule has 0 aromatic rings. The molecule has 2 unspecified atom stereocenters. The Kier molecular flexibility index (Phi) is 2.31. The Morgan fingerprint density at radius 1 is 1.42 bits per heavy atom. The first-order chi connectivity index (χ1) is 5.29. The molecule has 1 saturated carbocycles. The molecule has 0 heterocycles. The van der Waals surface area contributed by atoms with Crippen LogP contribution in [0.5, 0.6) is 0 Å². The summed E-state index contributed by atoms with van der Waals surface area (Å²) in [5, 5.41) is 0. The Bertz CT molecular complexity index is 167. The molecule has 1 fully saturated rings. The van der Waals surface area contributed by atoms with Crippen molar-refractivity contribution < 1.29 is 0 Å². The lowest BCUT2D eigenvalue weighted by Crippen LogP contribution is -2.26. The van der Waals surface area contributed by atoms with E-state index < -0.39 is 0 Å². The van der Waals surface area contributed by atoms with Crippen LogP contribution in [0.2, 0.25) is 0 Å². The summed E-state index contributed by atoms with van der Waals surface area (Å²) in [7, 11) is 0. The Hall–Kier alpha value is 0. The van der Waals surface area contributed by atoms with Gasteiger partial charge in [-0.1, -0.05) is 41.5 Å². The molecule has 0 amide bonds. The molecular weight excluding hydrogens is 144 g/mol. The van der Waals surface area contributed by atoms with Gasteiger partial charge in [-0.15, -0.1) is 0 Å². The van der Waals surface area contributed by atoms with Crippen LogP contribution in [-0.2, 0) is 0 Å². The van der Waals surface area contributed by atoms with Gasteiger partial charge in [0.15, 0.2) is 0 Å². The maximum Gasteiger partial charge on any atom is -0.0246 e. The van der Waals surface area contributed by atoms with Gasteiger partial charge in [-0.3, -0.25) is 0 Å². The van der Waals surface area contributed by atoms with Crippen molar-refractivity contribution in [1.29, 1.82) is 0 Å². The molecule has 0 aromatic heterocycles. The highest BCUT2D eigenvalue weighted by molar-refractivity contribution is 5.05. The van der Waals surface area contributed by atoms with Crippen LogP contribution in [0.15, 0.2) is 0 Å². The van der Waals surface area contributed by atoms with E-state index >= 15 is 0 Å². The van der Waals surface area contributed by atoms with E-state index in [-0.39, 0.29) is 0 Å². The van der Waals surface area contributed by atoms with Crippen molar-refractivity contribution in [2.24, 2.45) is 22.7 Å². The zero-order valence-corrected chi connectivity index (χ0v) is 9.57. The van der Waals surface area contributed by atoms with Gasteiger partial charge in [-0.2, -0.15) is 0 Å². The van der Waals surface area contributed by atoms with Crippen LogP contribution in [0.1, 0.15) is 54.4 Å². The predicted molar refractivity (Wildman–Crippen MR) is 55.1 cm³/mol. The van der Waals surface area contributed by atoms with Gasteiger partial charge < -0.3 is 0 Å². The van der Waals surface area contributed by atoms with E-state index in [0.717, 1.165) is 11.8 Å². The molecule has 0 bridgehead atoms. The summed E-state index contributed by atoms with van der Waals surface area (Å²) < 4.78 is 0. The monoisotopic (exact) mass is 168 g/mol. The van der Waals surface area contributed by atoms with Crippen molar-refractivity contribution >= 4 is 0 Å². The van der Waals surface area contributed by atoms with Crippen LogP contribution in [0, 0.1) is 22.7 Å². The van der Waals surface area contributed by atoms with Gasteiger partial charge in [-0.25, -0.2) is 0 Å². The second-order valence-electron chi connectivity index (χ2n) is 6.00. The average Bonchev–Trinajstić information content (AvgIpc) is 2.38. The minimum Gasteiger partial charge on any atom is -0.0628 e. The van der Waals surface area contributed by atoms with Crippen molar-refractivity contribution in [2.45, 2.75) is 54.4 Å². The third-order valence-corrected chi connectivity index (χ3v) is 4.12. The topological polar surface area (TPSA) is 0 Å². The van der Waals surface area contributed by atoms with E-state index in [4.69, 9.17) is 0 Å². The molecule has 72 valence electrons. The molecular formula is C12H24. The maximum absolute atomic E-state index is 2.46. The molecule has 1 aliphatic rings. The highest BCUT2D eigenvalue weighted by atomic mass is 14.6. The highest BCUT2D eigenvalue weighted by Crippen LogP contribution is 2.64. The molecule has 0 aromatic carbocycles. The fourth-order valence-corrected chi connectivity index (χ4v) is 2.77. The van der Waals surface area contributed by atoms with Crippen LogP contribution in [-0.4, -0.2) is 0 Å². The molecule has 0 nitrogen and oxygen atoms in total. The molecule has 0 N–H and O–H groups in total. The van der Waals surface area contributed by atoms with Gasteiger partial charge >= 0.3 is 0 Å². The van der Waals surface area contributed by atoms with Gasteiger partial charge in [0, 0.05) is 0 Å². The van der Waals surface area contributed by atoms with Gasteiger partial charge in [0.25, 0.3) is 0 Å². The van der Waals surface area contributed by atoms with Gasteiger partial charge in [0.2, 0.25) is 0 Å².